The van der Waals surface area contributed by atoms with Crippen molar-refractivity contribution in [3.05, 3.63) is 72.3 Å². The molecule has 0 aromatic heterocycles. The standard InChI is InChI=1S/C29H33FN2O8/c1-2-39-26(34)11-7-4-8-16-38-20-29(30)17-24(28(36)37)32(19-29)25(33)18-31-27(35)21-12-14-23(15-13-21)40-22-9-5-3-6-10-22/h3-6,8-10,12-15,24H,2,7,11,16-20H2,1H3,(H,31,35)(H,36,37)/b8-4+/t24-,29+/m0/s1. The van der Waals surface area contributed by atoms with Crippen LogP contribution in [0.2, 0.25) is 0 Å². The molecule has 0 saturated carbocycles. The summed E-state index contributed by atoms with van der Waals surface area (Å²) in [5.41, 5.74) is -1.79. The Kier molecular flexibility index (Phi) is 11.2. The number of para-hydroxylation sites is 1. The molecule has 1 aliphatic rings. The number of carboxylic acid groups (broad SMARTS) is 1. The van der Waals surface area contributed by atoms with Gasteiger partial charge < -0.3 is 29.5 Å². The number of amides is 2. The maximum Gasteiger partial charge on any atom is 0.326 e. The van der Waals surface area contributed by atoms with Crippen LogP contribution < -0.4 is 10.1 Å². The summed E-state index contributed by atoms with van der Waals surface area (Å²) in [6.45, 7) is 0.715. The topological polar surface area (TPSA) is 131 Å². The second kappa shape index (κ2) is 14.8. The third-order valence-corrected chi connectivity index (χ3v) is 6.05. The fourth-order valence-electron chi connectivity index (χ4n) is 4.11. The number of hydrogen-bond donors (Lipinski definition) is 2. The Balaban J connectivity index is 1.46. The molecule has 2 aromatic rings. The Labute approximate surface area is 231 Å². The van der Waals surface area contributed by atoms with E-state index >= 15 is 4.39 Å². The lowest BCUT2D eigenvalue weighted by Gasteiger charge is -2.22. The third kappa shape index (κ3) is 9.19. The van der Waals surface area contributed by atoms with Gasteiger partial charge in [0, 0.05) is 18.4 Å². The number of ether oxygens (including phenoxy) is 3. The summed E-state index contributed by atoms with van der Waals surface area (Å²) in [7, 11) is 0. The van der Waals surface area contributed by atoms with Crippen molar-refractivity contribution in [2.75, 3.05) is 32.9 Å². The SMILES string of the molecule is CCOC(=O)CC/C=C/COC[C@@]1(F)C[C@@H](C(=O)O)N(C(=O)CNC(=O)c2ccc(Oc3ccccc3)cc2)C1. The van der Waals surface area contributed by atoms with Gasteiger partial charge in [-0.2, -0.15) is 0 Å². The van der Waals surface area contributed by atoms with Gasteiger partial charge in [-0.15, -0.1) is 0 Å². The Bertz CT molecular complexity index is 1190. The molecule has 2 aromatic carbocycles. The smallest absolute Gasteiger partial charge is 0.326 e. The number of esters is 1. The monoisotopic (exact) mass is 556 g/mol. The van der Waals surface area contributed by atoms with Crippen molar-refractivity contribution in [3.63, 3.8) is 0 Å². The fourth-order valence-corrected chi connectivity index (χ4v) is 4.11. The Morgan fingerprint density at radius 1 is 1.07 bits per heavy atom. The highest BCUT2D eigenvalue weighted by Gasteiger charge is 2.49. The number of alkyl halides is 1. The number of rotatable bonds is 14. The van der Waals surface area contributed by atoms with E-state index in [0.717, 1.165) is 4.90 Å². The molecule has 214 valence electrons. The van der Waals surface area contributed by atoms with Crippen LogP contribution in [-0.2, 0) is 23.9 Å². The Morgan fingerprint density at radius 2 is 1.77 bits per heavy atom. The van der Waals surface area contributed by atoms with Crippen LogP contribution in [0.5, 0.6) is 11.5 Å². The van der Waals surface area contributed by atoms with E-state index in [4.69, 9.17) is 14.2 Å². The number of carboxylic acids is 1. The normalized spacial score (nSPS) is 18.4. The van der Waals surface area contributed by atoms with E-state index in [9.17, 15) is 24.3 Å². The van der Waals surface area contributed by atoms with Gasteiger partial charge in [-0.1, -0.05) is 30.4 Å². The van der Waals surface area contributed by atoms with E-state index in [2.05, 4.69) is 5.32 Å². The number of allylic oxidation sites excluding steroid dienone is 1. The molecule has 10 nitrogen and oxygen atoms in total. The molecule has 0 bridgehead atoms. The van der Waals surface area contributed by atoms with E-state index in [1.807, 2.05) is 18.2 Å². The first-order chi connectivity index (χ1) is 19.2. The molecule has 40 heavy (non-hydrogen) atoms. The molecule has 11 heteroatoms. The average molecular weight is 557 g/mol. The number of aliphatic carboxylic acids is 1. The molecule has 1 heterocycles. The van der Waals surface area contributed by atoms with Crippen molar-refractivity contribution in [3.8, 4) is 11.5 Å². The van der Waals surface area contributed by atoms with Crippen LogP contribution in [0.15, 0.2) is 66.7 Å². The molecule has 1 aliphatic heterocycles. The highest BCUT2D eigenvalue weighted by atomic mass is 19.1. The number of halogens is 1. The van der Waals surface area contributed by atoms with Gasteiger partial charge in [0.05, 0.1) is 32.9 Å². The number of carbonyl (C=O) groups is 4. The predicted octanol–water partition coefficient (Wildman–Crippen LogP) is 3.52. The molecule has 1 fully saturated rings. The van der Waals surface area contributed by atoms with E-state index in [-0.39, 0.29) is 24.6 Å². The van der Waals surface area contributed by atoms with Gasteiger partial charge in [-0.05, 0) is 49.7 Å². The van der Waals surface area contributed by atoms with E-state index in [1.165, 1.54) is 12.1 Å². The third-order valence-electron chi connectivity index (χ3n) is 6.05. The van der Waals surface area contributed by atoms with Crippen LogP contribution in [0.1, 0.15) is 36.5 Å². The molecule has 1 saturated heterocycles. The lowest BCUT2D eigenvalue weighted by Crippen LogP contribution is -2.46. The first-order valence-electron chi connectivity index (χ1n) is 12.9. The molecule has 2 N–H and O–H groups in total. The minimum atomic E-state index is -2.06. The molecule has 0 aliphatic carbocycles. The molecule has 2 atom stereocenters. The van der Waals surface area contributed by atoms with Gasteiger partial charge in [0.2, 0.25) is 5.91 Å². The zero-order chi connectivity index (χ0) is 29.0. The fraction of sp³-hybridized carbons (Fsp3) is 0.379. The van der Waals surface area contributed by atoms with Crippen LogP contribution >= 0.6 is 0 Å². The van der Waals surface area contributed by atoms with Crippen molar-refractivity contribution in [2.45, 2.75) is 37.9 Å². The van der Waals surface area contributed by atoms with Crippen LogP contribution in [0.3, 0.4) is 0 Å². The van der Waals surface area contributed by atoms with Gasteiger partial charge >= 0.3 is 11.9 Å². The maximum absolute atomic E-state index is 15.4. The van der Waals surface area contributed by atoms with Crippen molar-refractivity contribution in [2.24, 2.45) is 0 Å². The summed E-state index contributed by atoms with van der Waals surface area (Å²) in [5, 5.41) is 12.0. The van der Waals surface area contributed by atoms with Crippen LogP contribution in [0, 0.1) is 0 Å². The van der Waals surface area contributed by atoms with E-state index in [1.54, 1.807) is 43.3 Å². The minimum absolute atomic E-state index is 0.0609. The highest BCUT2D eigenvalue weighted by molar-refractivity contribution is 5.97. The van der Waals surface area contributed by atoms with Gasteiger partial charge in [0.1, 0.15) is 17.5 Å². The number of nitrogens with one attached hydrogen (secondary N) is 1. The van der Waals surface area contributed by atoms with Gasteiger partial charge in [-0.3, -0.25) is 14.4 Å². The number of likely N-dealkylation sites (tertiary alicyclic amines) is 1. The summed E-state index contributed by atoms with van der Waals surface area (Å²) in [6, 6.07) is 14.0. The van der Waals surface area contributed by atoms with Gasteiger partial charge in [0.15, 0.2) is 5.67 Å². The first kappa shape index (κ1) is 30.3. The number of benzene rings is 2. The van der Waals surface area contributed by atoms with Crippen molar-refractivity contribution in [1.82, 2.24) is 10.2 Å². The first-order valence-corrected chi connectivity index (χ1v) is 12.9. The lowest BCUT2D eigenvalue weighted by atomic mass is 10.0. The van der Waals surface area contributed by atoms with E-state index < -0.39 is 55.6 Å². The summed E-state index contributed by atoms with van der Waals surface area (Å²) in [6.07, 6.45) is 3.57. The highest BCUT2D eigenvalue weighted by Crippen LogP contribution is 2.31. The van der Waals surface area contributed by atoms with Crippen molar-refractivity contribution >= 4 is 23.8 Å². The average Bonchev–Trinajstić information content (AvgIpc) is 3.30. The summed E-state index contributed by atoms with van der Waals surface area (Å²) < 4.78 is 31.2. The Hall–Kier alpha value is -4.25. The van der Waals surface area contributed by atoms with Crippen LogP contribution in [0.4, 0.5) is 4.39 Å². The predicted molar refractivity (Wildman–Crippen MR) is 143 cm³/mol. The zero-order valence-electron chi connectivity index (χ0n) is 22.2. The molecular weight excluding hydrogens is 523 g/mol. The Morgan fingerprint density at radius 3 is 2.45 bits per heavy atom. The van der Waals surface area contributed by atoms with E-state index in [0.29, 0.717) is 24.5 Å². The molecule has 0 radical (unpaired) electrons. The molecule has 3 rings (SSSR count). The second-order valence-corrected chi connectivity index (χ2v) is 9.18. The summed E-state index contributed by atoms with van der Waals surface area (Å²) >= 11 is 0. The molecular formula is C29H33FN2O8. The molecule has 0 spiro atoms. The maximum atomic E-state index is 15.4. The van der Waals surface area contributed by atoms with Crippen molar-refractivity contribution in [1.29, 1.82) is 0 Å². The lowest BCUT2D eigenvalue weighted by molar-refractivity contribution is -0.147. The van der Waals surface area contributed by atoms with Crippen LogP contribution in [-0.4, -0.2) is 78.4 Å². The number of carbonyl (C=O) groups excluding carboxylic acids is 3. The molecule has 2 amide bonds. The number of nitrogens with zero attached hydrogens (tertiary/aromatic N) is 1. The second-order valence-electron chi connectivity index (χ2n) is 9.18. The quantitative estimate of drug-likeness (QED) is 0.205. The zero-order valence-corrected chi connectivity index (χ0v) is 22.2. The van der Waals surface area contributed by atoms with Crippen LogP contribution in [0.25, 0.3) is 0 Å². The summed E-state index contributed by atoms with van der Waals surface area (Å²) in [5.74, 6) is -1.76. The van der Waals surface area contributed by atoms with Gasteiger partial charge in [-0.25, -0.2) is 9.18 Å². The minimum Gasteiger partial charge on any atom is -0.480 e. The summed E-state index contributed by atoms with van der Waals surface area (Å²) in [4.78, 5) is 49.2. The molecule has 0 unspecified atom stereocenters. The van der Waals surface area contributed by atoms with Gasteiger partial charge in [0.25, 0.3) is 5.91 Å². The van der Waals surface area contributed by atoms with Crippen molar-refractivity contribution < 1.29 is 42.9 Å². The number of hydrogen-bond acceptors (Lipinski definition) is 7. The largest absolute Gasteiger partial charge is 0.480 e.